The molecular weight excluding hydrogens is 444 g/mol. The number of hydrogen-bond donors (Lipinski definition) is 4. The van der Waals surface area contributed by atoms with Crippen LogP contribution in [0.1, 0.15) is 54.9 Å². The van der Waals surface area contributed by atoms with Crippen molar-refractivity contribution in [2.45, 2.75) is 69.0 Å². The topological polar surface area (TPSA) is 99.4 Å². The van der Waals surface area contributed by atoms with Gasteiger partial charge in [-0.05, 0) is 60.1 Å². The van der Waals surface area contributed by atoms with Crippen molar-refractivity contribution < 1.29 is 29.9 Å². The predicted molar refractivity (Wildman–Crippen MR) is 125 cm³/mol. The molecule has 7 heteroatoms. The summed E-state index contributed by atoms with van der Waals surface area (Å²) >= 11 is 6.43. The highest BCUT2D eigenvalue weighted by molar-refractivity contribution is 6.31. The molecule has 0 spiro atoms. The average Bonchev–Trinajstić information content (AvgIpc) is 2.79. The molecular formula is C26H33ClO6. The van der Waals surface area contributed by atoms with E-state index >= 15 is 0 Å². The van der Waals surface area contributed by atoms with E-state index in [0.717, 1.165) is 35.8 Å². The average molecular weight is 477 g/mol. The Morgan fingerprint density at radius 2 is 1.73 bits per heavy atom. The molecule has 1 heterocycles. The third-order valence-corrected chi connectivity index (χ3v) is 7.23. The maximum absolute atomic E-state index is 10.4. The summed E-state index contributed by atoms with van der Waals surface area (Å²) in [6.07, 6.45) is 1.08. The monoisotopic (exact) mass is 476 g/mol. The number of aliphatic hydroxyl groups is 4. The van der Waals surface area contributed by atoms with E-state index in [0.29, 0.717) is 17.0 Å². The van der Waals surface area contributed by atoms with Crippen LogP contribution >= 0.6 is 11.6 Å². The summed E-state index contributed by atoms with van der Waals surface area (Å²) in [4.78, 5) is 0. The van der Waals surface area contributed by atoms with Gasteiger partial charge in [0.15, 0.2) is 0 Å². The van der Waals surface area contributed by atoms with E-state index in [2.05, 4.69) is 0 Å². The van der Waals surface area contributed by atoms with Crippen molar-refractivity contribution >= 4 is 11.6 Å². The van der Waals surface area contributed by atoms with Gasteiger partial charge in [-0.1, -0.05) is 55.1 Å². The van der Waals surface area contributed by atoms with E-state index < -0.39 is 37.1 Å². The van der Waals surface area contributed by atoms with Crippen LogP contribution in [0.2, 0.25) is 5.02 Å². The van der Waals surface area contributed by atoms with Crippen molar-refractivity contribution in [3.05, 3.63) is 64.2 Å². The molecule has 33 heavy (non-hydrogen) atoms. The van der Waals surface area contributed by atoms with Gasteiger partial charge in [0.1, 0.15) is 36.3 Å². The Hall–Kier alpha value is -1.67. The number of benzene rings is 2. The zero-order valence-electron chi connectivity index (χ0n) is 18.6. The zero-order chi connectivity index (χ0) is 23.4. The largest absolute Gasteiger partial charge is 0.494 e. The summed E-state index contributed by atoms with van der Waals surface area (Å²) in [5.74, 6) is 1.76. The predicted octanol–water partition coefficient (Wildman–Crippen LogP) is 3.40. The lowest BCUT2D eigenvalue weighted by Gasteiger charge is -2.40. The van der Waals surface area contributed by atoms with Crippen molar-refractivity contribution in [1.82, 2.24) is 0 Å². The fraction of sp³-hybridized carbons (Fsp3) is 0.538. The molecule has 1 aliphatic heterocycles. The van der Waals surface area contributed by atoms with E-state index in [1.54, 1.807) is 12.1 Å². The summed E-state index contributed by atoms with van der Waals surface area (Å²) in [6, 6.07) is 13.2. The van der Waals surface area contributed by atoms with Gasteiger partial charge in [0, 0.05) is 5.02 Å². The normalized spacial score (nSPS) is 27.8. The summed E-state index contributed by atoms with van der Waals surface area (Å²) in [5, 5.41) is 40.6. The summed E-state index contributed by atoms with van der Waals surface area (Å²) in [5.41, 5.74) is 2.53. The van der Waals surface area contributed by atoms with Gasteiger partial charge in [-0.15, -0.1) is 0 Å². The van der Waals surface area contributed by atoms with Crippen LogP contribution in [0.5, 0.6) is 5.75 Å². The van der Waals surface area contributed by atoms with Crippen LogP contribution in [0.15, 0.2) is 42.5 Å². The van der Waals surface area contributed by atoms with Gasteiger partial charge in [-0.25, -0.2) is 0 Å². The van der Waals surface area contributed by atoms with Gasteiger partial charge >= 0.3 is 0 Å². The fourth-order valence-electron chi connectivity index (χ4n) is 4.55. The van der Waals surface area contributed by atoms with Gasteiger partial charge in [-0.3, -0.25) is 0 Å². The number of hydrogen-bond acceptors (Lipinski definition) is 6. The molecule has 180 valence electrons. The SMILES string of the molecule is OC[C@H]1O[C@@H](c2ccc(Cl)c(Cc3ccc(OCCCC4CCC4)cc3)c2)[C@H](O)[C@@H](O)[C@@H]1O. The lowest BCUT2D eigenvalue weighted by Crippen LogP contribution is -2.55. The van der Waals surface area contributed by atoms with Crippen LogP contribution in [0.25, 0.3) is 0 Å². The third kappa shape index (κ3) is 5.88. The molecule has 2 fully saturated rings. The number of rotatable bonds is 9. The molecule has 6 nitrogen and oxygen atoms in total. The molecule has 0 unspecified atom stereocenters. The molecule has 0 radical (unpaired) electrons. The quantitative estimate of drug-likeness (QED) is 0.414. The summed E-state index contributed by atoms with van der Waals surface area (Å²) < 4.78 is 11.5. The lowest BCUT2D eigenvalue weighted by molar-refractivity contribution is -0.231. The second kappa shape index (κ2) is 11.2. The molecule has 0 amide bonds. The van der Waals surface area contributed by atoms with Crippen LogP contribution in [-0.2, 0) is 11.2 Å². The fourth-order valence-corrected chi connectivity index (χ4v) is 4.74. The molecule has 2 aromatic rings. The van der Waals surface area contributed by atoms with Gasteiger partial charge < -0.3 is 29.9 Å². The Morgan fingerprint density at radius 1 is 0.970 bits per heavy atom. The highest BCUT2D eigenvalue weighted by atomic mass is 35.5. The van der Waals surface area contributed by atoms with Gasteiger partial charge in [0.05, 0.1) is 13.2 Å². The van der Waals surface area contributed by atoms with Crippen LogP contribution in [-0.4, -0.2) is 58.1 Å². The standard InChI is InChI=1S/C26H33ClO6/c27-21-11-8-18(26-25(31)24(30)23(29)22(15-28)33-26)14-19(21)13-17-6-9-20(10-7-17)32-12-2-5-16-3-1-4-16/h6-11,14,16,22-26,28-31H,1-5,12-13,15H2/t22-,23-,24+,25-,26+/m1/s1. The summed E-state index contributed by atoms with van der Waals surface area (Å²) in [6.45, 7) is 0.277. The summed E-state index contributed by atoms with van der Waals surface area (Å²) in [7, 11) is 0. The highest BCUT2D eigenvalue weighted by Gasteiger charge is 2.44. The van der Waals surface area contributed by atoms with Gasteiger partial charge in [-0.2, -0.15) is 0 Å². The smallest absolute Gasteiger partial charge is 0.119 e. The lowest BCUT2D eigenvalue weighted by atomic mass is 9.82. The van der Waals surface area contributed by atoms with E-state index in [9.17, 15) is 20.4 Å². The minimum atomic E-state index is -1.42. The van der Waals surface area contributed by atoms with Crippen molar-refractivity contribution in [1.29, 1.82) is 0 Å². The minimum Gasteiger partial charge on any atom is -0.494 e. The Bertz CT molecular complexity index is 898. The van der Waals surface area contributed by atoms with E-state index in [-0.39, 0.29) is 0 Å². The van der Waals surface area contributed by atoms with Crippen LogP contribution in [0.4, 0.5) is 0 Å². The third-order valence-electron chi connectivity index (χ3n) is 6.86. The first-order chi connectivity index (χ1) is 16.0. The minimum absolute atomic E-state index is 0.461. The molecule has 4 N–H and O–H groups in total. The Balaban J connectivity index is 1.38. The second-order valence-corrected chi connectivity index (χ2v) is 9.62. The van der Waals surface area contributed by atoms with Crippen LogP contribution in [0, 0.1) is 5.92 Å². The molecule has 5 atom stereocenters. The van der Waals surface area contributed by atoms with Crippen LogP contribution < -0.4 is 4.74 Å². The van der Waals surface area contributed by atoms with Crippen LogP contribution in [0.3, 0.4) is 0 Å². The van der Waals surface area contributed by atoms with E-state index in [1.165, 1.54) is 25.7 Å². The van der Waals surface area contributed by atoms with Crippen molar-refractivity contribution in [3.63, 3.8) is 0 Å². The van der Waals surface area contributed by atoms with Gasteiger partial charge in [0.2, 0.25) is 0 Å². The Kier molecular flexibility index (Phi) is 8.28. The molecule has 1 aliphatic carbocycles. The number of aliphatic hydroxyl groups excluding tert-OH is 4. The van der Waals surface area contributed by atoms with Crippen molar-refractivity contribution in [2.24, 2.45) is 5.92 Å². The molecule has 1 saturated carbocycles. The first kappa shape index (κ1) is 24.5. The highest BCUT2D eigenvalue weighted by Crippen LogP contribution is 2.34. The second-order valence-electron chi connectivity index (χ2n) is 9.21. The Labute approximate surface area is 199 Å². The molecule has 0 aromatic heterocycles. The molecule has 0 bridgehead atoms. The Morgan fingerprint density at radius 3 is 2.39 bits per heavy atom. The number of ether oxygens (including phenoxy) is 2. The van der Waals surface area contributed by atoms with E-state index in [4.69, 9.17) is 21.1 Å². The van der Waals surface area contributed by atoms with Crippen molar-refractivity contribution in [3.8, 4) is 5.75 Å². The molecule has 2 aromatic carbocycles. The van der Waals surface area contributed by atoms with Crippen molar-refractivity contribution in [2.75, 3.05) is 13.2 Å². The zero-order valence-corrected chi connectivity index (χ0v) is 19.4. The maximum atomic E-state index is 10.4. The number of halogens is 1. The maximum Gasteiger partial charge on any atom is 0.119 e. The molecule has 1 saturated heterocycles. The van der Waals surface area contributed by atoms with E-state index in [1.807, 2.05) is 30.3 Å². The first-order valence-electron chi connectivity index (χ1n) is 11.8. The molecule has 2 aliphatic rings. The van der Waals surface area contributed by atoms with Gasteiger partial charge in [0.25, 0.3) is 0 Å². The first-order valence-corrected chi connectivity index (χ1v) is 12.1. The molecule has 4 rings (SSSR count).